The summed E-state index contributed by atoms with van der Waals surface area (Å²) >= 11 is 1.82. The van der Waals surface area contributed by atoms with Crippen molar-refractivity contribution in [2.75, 3.05) is 0 Å². The van der Waals surface area contributed by atoms with Crippen LogP contribution in [0.3, 0.4) is 0 Å². The smallest absolute Gasteiger partial charge is 0.162 e. The molecule has 0 fully saturated rings. The molecule has 0 N–H and O–H groups in total. The lowest BCUT2D eigenvalue weighted by atomic mass is 10.1. The van der Waals surface area contributed by atoms with Gasteiger partial charge in [0.2, 0.25) is 0 Å². The van der Waals surface area contributed by atoms with Gasteiger partial charge in [0.15, 0.2) is 5.82 Å². The molecular formula is C46H28N4S. The Morgan fingerprint density at radius 1 is 0.412 bits per heavy atom. The molecule has 0 unspecified atom stereocenters. The predicted octanol–water partition coefficient (Wildman–Crippen LogP) is 12.4. The lowest BCUT2D eigenvalue weighted by molar-refractivity contribution is 1.05. The van der Waals surface area contributed by atoms with Crippen LogP contribution in [0, 0.1) is 0 Å². The Labute approximate surface area is 297 Å². The van der Waals surface area contributed by atoms with Gasteiger partial charge in [0.1, 0.15) is 5.82 Å². The summed E-state index contributed by atoms with van der Waals surface area (Å²) in [5.41, 5.74) is 8.68. The fraction of sp³-hybridized carbons (Fsp3) is 0. The van der Waals surface area contributed by atoms with Crippen molar-refractivity contribution >= 4 is 75.1 Å². The Morgan fingerprint density at radius 3 is 1.88 bits per heavy atom. The maximum Gasteiger partial charge on any atom is 0.162 e. The summed E-state index contributed by atoms with van der Waals surface area (Å²) in [6.07, 6.45) is 0. The van der Waals surface area contributed by atoms with Crippen LogP contribution in [-0.4, -0.2) is 19.1 Å². The van der Waals surface area contributed by atoms with Crippen LogP contribution in [0.1, 0.15) is 0 Å². The zero-order valence-corrected chi connectivity index (χ0v) is 28.2. The van der Waals surface area contributed by atoms with Gasteiger partial charge in [0, 0.05) is 64.6 Å². The van der Waals surface area contributed by atoms with Gasteiger partial charge in [0.25, 0.3) is 0 Å². The van der Waals surface area contributed by atoms with Crippen molar-refractivity contribution in [2.45, 2.75) is 0 Å². The highest BCUT2D eigenvalue weighted by Gasteiger charge is 2.22. The van der Waals surface area contributed by atoms with Crippen molar-refractivity contribution in [2.24, 2.45) is 0 Å². The van der Waals surface area contributed by atoms with Gasteiger partial charge in [-0.15, -0.1) is 11.3 Å². The molecule has 11 rings (SSSR count). The van der Waals surface area contributed by atoms with Crippen LogP contribution in [0.2, 0.25) is 0 Å². The molecule has 4 aromatic heterocycles. The lowest BCUT2D eigenvalue weighted by Gasteiger charge is -2.12. The summed E-state index contributed by atoms with van der Waals surface area (Å²) in [5.74, 6) is 1.54. The van der Waals surface area contributed by atoms with Gasteiger partial charge in [-0.2, -0.15) is 0 Å². The van der Waals surface area contributed by atoms with E-state index in [9.17, 15) is 0 Å². The van der Waals surface area contributed by atoms with E-state index in [0.29, 0.717) is 5.82 Å². The van der Waals surface area contributed by atoms with Crippen LogP contribution in [0.25, 0.3) is 97.9 Å². The van der Waals surface area contributed by atoms with Crippen molar-refractivity contribution in [3.05, 3.63) is 170 Å². The third kappa shape index (κ3) is 4.25. The highest BCUT2D eigenvalue weighted by atomic mass is 32.1. The summed E-state index contributed by atoms with van der Waals surface area (Å²) < 4.78 is 7.27. The van der Waals surface area contributed by atoms with E-state index in [4.69, 9.17) is 9.97 Å². The third-order valence-electron chi connectivity index (χ3n) is 10.1. The number of thiophene rings is 1. The first-order valence-electron chi connectivity index (χ1n) is 17.2. The normalized spacial score (nSPS) is 11.9. The highest BCUT2D eigenvalue weighted by Crippen LogP contribution is 2.42. The SMILES string of the molecule is c1ccc(-c2cc(-n3c4ccccc4c4c3ccc3c5ccccc5n(-c5ccccc5)c34)nc(-c3ccc4c(c3)sc3ccccc34)n2)cc1. The van der Waals surface area contributed by atoms with E-state index in [1.54, 1.807) is 0 Å². The minimum atomic E-state index is 0.705. The Hall–Kier alpha value is -6.56. The van der Waals surface area contributed by atoms with Crippen LogP contribution in [0.5, 0.6) is 0 Å². The molecule has 51 heavy (non-hydrogen) atoms. The molecule has 0 radical (unpaired) electrons. The van der Waals surface area contributed by atoms with Crippen LogP contribution >= 0.6 is 11.3 Å². The molecule has 4 heterocycles. The molecule has 0 spiro atoms. The summed E-state index contributed by atoms with van der Waals surface area (Å²) in [6.45, 7) is 0. The molecule has 0 aliphatic rings. The minimum Gasteiger partial charge on any atom is -0.309 e. The molecule has 0 aliphatic carbocycles. The molecule has 0 saturated heterocycles. The van der Waals surface area contributed by atoms with E-state index >= 15 is 0 Å². The largest absolute Gasteiger partial charge is 0.309 e. The van der Waals surface area contributed by atoms with Crippen LogP contribution in [0.15, 0.2) is 170 Å². The molecule has 7 aromatic carbocycles. The van der Waals surface area contributed by atoms with E-state index in [0.717, 1.165) is 39.4 Å². The first-order chi connectivity index (χ1) is 25.3. The molecule has 0 amide bonds. The standard InChI is InChI=1S/C46H28N4S/c1-3-13-29(14-4-1)37-28-43(48-46(47-37)30-23-24-34-33-18-9-12-22-41(33)51-42(34)27-30)50-39-21-11-8-19-36(39)44-40(50)26-25-35-32-17-7-10-20-38(32)49(45(35)44)31-15-5-2-6-16-31/h1-28H. The number of rotatable bonds is 4. The summed E-state index contributed by atoms with van der Waals surface area (Å²) in [5, 5.41) is 7.41. The van der Waals surface area contributed by atoms with Gasteiger partial charge in [-0.05, 0) is 42.5 Å². The molecule has 0 bridgehead atoms. The van der Waals surface area contributed by atoms with Gasteiger partial charge in [-0.1, -0.05) is 121 Å². The van der Waals surface area contributed by atoms with E-state index in [1.807, 2.05) is 17.4 Å². The first-order valence-corrected chi connectivity index (χ1v) is 18.0. The van der Waals surface area contributed by atoms with Crippen molar-refractivity contribution in [1.29, 1.82) is 0 Å². The quantitative estimate of drug-likeness (QED) is 0.187. The average molecular weight is 669 g/mol. The Morgan fingerprint density at radius 2 is 1.06 bits per heavy atom. The summed E-state index contributed by atoms with van der Waals surface area (Å²) in [4.78, 5) is 10.6. The van der Waals surface area contributed by atoms with Crippen molar-refractivity contribution < 1.29 is 0 Å². The van der Waals surface area contributed by atoms with Gasteiger partial charge < -0.3 is 4.57 Å². The molecule has 0 atom stereocenters. The highest BCUT2D eigenvalue weighted by molar-refractivity contribution is 7.25. The van der Waals surface area contributed by atoms with Gasteiger partial charge >= 0.3 is 0 Å². The van der Waals surface area contributed by atoms with Crippen molar-refractivity contribution in [3.63, 3.8) is 0 Å². The maximum atomic E-state index is 5.39. The first kappa shape index (κ1) is 28.3. The van der Waals surface area contributed by atoms with Crippen molar-refractivity contribution in [3.8, 4) is 34.2 Å². The fourth-order valence-corrected chi connectivity index (χ4v) is 9.05. The molecule has 4 nitrogen and oxygen atoms in total. The molecule has 0 aliphatic heterocycles. The van der Waals surface area contributed by atoms with Crippen LogP contribution in [0.4, 0.5) is 0 Å². The van der Waals surface area contributed by atoms with Crippen LogP contribution < -0.4 is 0 Å². The monoisotopic (exact) mass is 668 g/mol. The lowest BCUT2D eigenvalue weighted by Crippen LogP contribution is -2.02. The number of aromatic nitrogens is 4. The third-order valence-corrected chi connectivity index (χ3v) is 11.3. The molecule has 0 saturated carbocycles. The Bertz CT molecular complexity index is 3130. The topological polar surface area (TPSA) is 35.6 Å². The second-order valence-electron chi connectivity index (χ2n) is 13.0. The molecule has 238 valence electrons. The molecule has 11 aromatic rings. The molecular weight excluding hydrogens is 641 g/mol. The summed E-state index contributed by atoms with van der Waals surface area (Å²) in [7, 11) is 0. The van der Waals surface area contributed by atoms with Crippen molar-refractivity contribution in [1.82, 2.24) is 19.1 Å². The minimum absolute atomic E-state index is 0.705. The number of fused-ring (bicyclic) bond motifs is 10. The zero-order valence-electron chi connectivity index (χ0n) is 27.4. The van der Waals surface area contributed by atoms with E-state index in [2.05, 4.69) is 173 Å². The average Bonchev–Trinajstić information content (AvgIpc) is 3.86. The van der Waals surface area contributed by atoms with Crippen LogP contribution in [-0.2, 0) is 0 Å². The number of benzene rings is 7. The second-order valence-corrected chi connectivity index (χ2v) is 14.1. The number of hydrogen-bond donors (Lipinski definition) is 0. The number of para-hydroxylation sites is 3. The maximum absolute atomic E-state index is 5.39. The molecule has 5 heteroatoms. The van der Waals surface area contributed by atoms with Gasteiger partial charge in [-0.25, -0.2) is 9.97 Å². The number of hydrogen-bond acceptors (Lipinski definition) is 3. The van der Waals surface area contributed by atoms with Gasteiger partial charge in [0.05, 0.1) is 27.8 Å². The fourth-order valence-electron chi connectivity index (χ4n) is 7.90. The Balaban J connectivity index is 1.23. The summed E-state index contributed by atoms with van der Waals surface area (Å²) in [6, 6.07) is 60.5. The van der Waals surface area contributed by atoms with Gasteiger partial charge in [-0.3, -0.25) is 4.57 Å². The number of nitrogens with zero attached hydrogens (tertiary/aromatic N) is 4. The van der Waals surface area contributed by atoms with E-state index in [1.165, 1.54) is 52.8 Å². The second kappa shape index (κ2) is 11.0. The Kier molecular flexibility index (Phi) is 6.09. The zero-order chi connectivity index (χ0) is 33.5. The van der Waals surface area contributed by atoms with E-state index in [-0.39, 0.29) is 0 Å². The predicted molar refractivity (Wildman–Crippen MR) is 214 cm³/mol. The van der Waals surface area contributed by atoms with E-state index < -0.39 is 0 Å².